The largest absolute Gasteiger partial charge is 0.474 e. The van der Waals surface area contributed by atoms with Gasteiger partial charge in [-0.05, 0) is 49.9 Å². The molecule has 4 rings (SSSR count). The summed E-state index contributed by atoms with van der Waals surface area (Å²) < 4.78 is 11.2. The van der Waals surface area contributed by atoms with Crippen LogP contribution in [0.5, 0.6) is 5.88 Å². The molecular weight excluding hydrogens is 396 g/mol. The summed E-state index contributed by atoms with van der Waals surface area (Å²) >= 11 is 0. The fourth-order valence-corrected chi connectivity index (χ4v) is 3.79. The number of anilines is 2. The summed E-state index contributed by atoms with van der Waals surface area (Å²) in [5, 5.41) is 6.56. The molecule has 166 valence electrons. The number of ether oxygens (including phenoxy) is 2. The molecule has 9 heteroatoms. The second-order valence-corrected chi connectivity index (χ2v) is 8.25. The number of nitrogens with one attached hydrogen (secondary N) is 2. The van der Waals surface area contributed by atoms with Crippen LogP contribution in [0.15, 0.2) is 30.6 Å². The van der Waals surface area contributed by atoms with E-state index in [1.807, 2.05) is 18.3 Å². The first-order valence-corrected chi connectivity index (χ1v) is 11.0. The summed E-state index contributed by atoms with van der Waals surface area (Å²) in [5.74, 6) is 1.99. The standard InChI is InChI=1S/C22H30N6O3/c1-15(2)18-14-30-22(29)28(18)19-8-12-25-21(27-19)24-11-5-16-3-4-20(26-13-16)31-17-6-9-23-10-7-17/h3-4,8,12-13,15,17-18,23H,5-7,9-11,14H2,1-2H3,(H,24,25,27)/t18-/m1/s1. The minimum Gasteiger partial charge on any atom is -0.474 e. The average molecular weight is 427 g/mol. The monoisotopic (exact) mass is 426 g/mol. The van der Waals surface area contributed by atoms with Crippen molar-refractivity contribution in [1.29, 1.82) is 0 Å². The second kappa shape index (κ2) is 9.91. The van der Waals surface area contributed by atoms with Crippen LogP contribution in [0.4, 0.5) is 16.6 Å². The van der Waals surface area contributed by atoms with Gasteiger partial charge in [0.25, 0.3) is 0 Å². The number of amides is 1. The molecule has 0 saturated carbocycles. The van der Waals surface area contributed by atoms with Crippen molar-refractivity contribution in [2.45, 2.75) is 45.3 Å². The van der Waals surface area contributed by atoms with Gasteiger partial charge in [0.15, 0.2) is 0 Å². The van der Waals surface area contributed by atoms with Crippen molar-refractivity contribution in [3.05, 3.63) is 36.2 Å². The summed E-state index contributed by atoms with van der Waals surface area (Å²) in [6.07, 6.45) is 6.19. The second-order valence-electron chi connectivity index (χ2n) is 8.25. The third-order valence-electron chi connectivity index (χ3n) is 5.63. The van der Waals surface area contributed by atoms with E-state index in [9.17, 15) is 4.79 Å². The molecule has 31 heavy (non-hydrogen) atoms. The molecule has 0 spiro atoms. The molecule has 4 heterocycles. The first kappa shape index (κ1) is 21.3. The maximum absolute atomic E-state index is 12.2. The quantitative estimate of drug-likeness (QED) is 0.664. The molecule has 2 aromatic rings. The highest BCUT2D eigenvalue weighted by Crippen LogP contribution is 2.25. The molecule has 2 N–H and O–H groups in total. The number of nitrogens with zero attached hydrogens (tertiary/aromatic N) is 4. The number of rotatable bonds is 8. The van der Waals surface area contributed by atoms with E-state index in [1.165, 1.54) is 0 Å². The highest BCUT2D eigenvalue weighted by Gasteiger charge is 2.37. The van der Waals surface area contributed by atoms with E-state index in [1.54, 1.807) is 17.2 Å². The van der Waals surface area contributed by atoms with E-state index in [-0.39, 0.29) is 24.2 Å². The van der Waals surface area contributed by atoms with Crippen LogP contribution in [0.2, 0.25) is 0 Å². The molecule has 2 aliphatic heterocycles. The molecule has 2 saturated heterocycles. The molecule has 2 aliphatic rings. The number of cyclic esters (lactones) is 1. The number of hydrogen-bond acceptors (Lipinski definition) is 8. The Morgan fingerprint density at radius 1 is 1.26 bits per heavy atom. The molecule has 2 fully saturated rings. The molecule has 0 aliphatic carbocycles. The van der Waals surface area contributed by atoms with Gasteiger partial charge in [-0.1, -0.05) is 19.9 Å². The molecule has 0 unspecified atom stereocenters. The maximum atomic E-state index is 12.2. The number of carbonyl (C=O) groups excluding carboxylic acids is 1. The van der Waals surface area contributed by atoms with E-state index in [2.05, 4.69) is 39.4 Å². The van der Waals surface area contributed by atoms with Gasteiger partial charge >= 0.3 is 6.09 Å². The summed E-state index contributed by atoms with van der Waals surface area (Å²) in [6.45, 7) is 7.15. The molecular formula is C22H30N6O3. The Hall–Kier alpha value is -2.94. The van der Waals surface area contributed by atoms with Gasteiger partial charge in [-0.2, -0.15) is 4.98 Å². The lowest BCUT2D eigenvalue weighted by molar-refractivity contribution is 0.156. The highest BCUT2D eigenvalue weighted by molar-refractivity contribution is 5.89. The fourth-order valence-electron chi connectivity index (χ4n) is 3.79. The Bertz CT molecular complexity index is 870. The van der Waals surface area contributed by atoms with Gasteiger partial charge in [0.1, 0.15) is 18.5 Å². The summed E-state index contributed by atoms with van der Waals surface area (Å²) in [4.78, 5) is 27.0. The average Bonchev–Trinajstić information content (AvgIpc) is 3.18. The number of piperidine rings is 1. The van der Waals surface area contributed by atoms with E-state index >= 15 is 0 Å². The predicted molar refractivity (Wildman–Crippen MR) is 117 cm³/mol. The first-order chi connectivity index (χ1) is 15.1. The lowest BCUT2D eigenvalue weighted by Gasteiger charge is -2.23. The molecule has 0 radical (unpaired) electrons. The van der Waals surface area contributed by atoms with E-state index < -0.39 is 0 Å². The highest BCUT2D eigenvalue weighted by atomic mass is 16.6. The lowest BCUT2D eigenvalue weighted by Crippen LogP contribution is -2.37. The third kappa shape index (κ3) is 5.41. The summed E-state index contributed by atoms with van der Waals surface area (Å²) in [7, 11) is 0. The van der Waals surface area contributed by atoms with Gasteiger partial charge in [-0.15, -0.1) is 0 Å². The number of hydrogen-bond donors (Lipinski definition) is 2. The molecule has 0 aromatic carbocycles. The van der Waals surface area contributed by atoms with Gasteiger partial charge in [0.05, 0.1) is 6.04 Å². The van der Waals surface area contributed by atoms with Crippen molar-refractivity contribution >= 4 is 17.9 Å². The SMILES string of the molecule is CC(C)[C@H]1COC(=O)N1c1ccnc(NCCc2ccc(OC3CCNCC3)nc2)n1. The van der Waals surface area contributed by atoms with Gasteiger partial charge in [-0.3, -0.25) is 4.90 Å². The topological polar surface area (TPSA) is 102 Å². The zero-order valence-electron chi connectivity index (χ0n) is 18.1. The van der Waals surface area contributed by atoms with Crippen LogP contribution < -0.4 is 20.3 Å². The Balaban J connectivity index is 1.30. The fraction of sp³-hybridized carbons (Fsp3) is 0.545. The zero-order valence-corrected chi connectivity index (χ0v) is 18.1. The van der Waals surface area contributed by atoms with Crippen LogP contribution in [0.3, 0.4) is 0 Å². The Morgan fingerprint density at radius 3 is 2.84 bits per heavy atom. The van der Waals surface area contributed by atoms with Crippen molar-refractivity contribution < 1.29 is 14.3 Å². The number of aromatic nitrogens is 3. The summed E-state index contributed by atoms with van der Waals surface area (Å²) in [5.41, 5.74) is 1.10. The van der Waals surface area contributed by atoms with Gasteiger partial charge in [0, 0.05) is 25.0 Å². The molecule has 9 nitrogen and oxygen atoms in total. The maximum Gasteiger partial charge on any atom is 0.415 e. The minimum absolute atomic E-state index is 0.0214. The summed E-state index contributed by atoms with van der Waals surface area (Å²) in [6, 6.07) is 5.68. The number of pyridine rings is 1. The molecule has 0 bridgehead atoms. The van der Waals surface area contributed by atoms with Crippen LogP contribution in [0.1, 0.15) is 32.3 Å². The van der Waals surface area contributed by atoms with Crippen LogP contribution in [0.25, 0.3) is 0 Å². The van der Waals surface area contributed by atoms with E-state index in [4.69, 9.17) is 9.47 Å². The van der Waals surface area contributed by atoms with E-state index in [0.717, 1.165) is 37.9 Å². The van der Waals surface area contributed by atoms with Crippen molar-refractivity contribution in [3.8, 4) is 5.88 Å². The van der Waals surface area contributed by atoms with Gasteiger partial charge in [-0.25, -0.2) is 14.8 Å². The Morgan fingerprint density at radius 2 is 2.10 bits per heavy atom. The number of carbonyl (C=O) groups is 1. The van der Waals surface area contributed by atoms with Crippen molar-refractivity contribution in [3.63, 3.8) is 0 Å². The van der Waals surface area contributed by atoms with Crippen molar-refractivity contribution in [2.75, 3.05) is 36.5 Å². The van der Waals surface area contributed by atoms with Crippen molar-refractivity contribution in [2.24, 2.45) is 5.92 Å². The molecule has 1 atom stereocenters. The Labute approximate surface area is 182 Å². The van der Waals surface area contributed by atoms with Crippen LogP contribution >= 0.6 is 0 Å². The molecule has 2 aromatic heterocycles. The third-order valence-corrected chi connectivity index (χ3v) is 5.63. The minimum atomic E-state index is -0.360. The predicted octanol–water partition coefficient (Wildman–Crippen LogP) is 2.64. The van der Waals surface area contributed by atoms with Crippen LogP contribution in [-0.4, -0.2) is 59.4 Å². The molecule has 1 amide bonds. The van der Waals surface area contributed by atoms with Crippen LogP contribution in [0, 0.1) is 5.92 Å². The zero-order chi connectivity index (χ0) is 21.6. The van der Waals surface area contributed by atoms with Gasteiger partial charge in [0.2, 0.25) is 11.8 Å². The Kier molecular flexibility index (Phi) is 6.81. The van der Waals surface area contributed by atoms with E-state index in [0.29, 0.717) is 30.8 Å². The van der Waals surface area contributed by atoms with Crippen molar-refractivity contribution in [1.82, 2.24) is 20.3 Å². The lowest BCUT2D eigenvalue weighted by atomic mass is 10.0. The normalized spacial score (nSPS) is 19.5. The first-order valence-electron chi connectivity index (χ1n) is 11.0. The van der Waals surface area contributed by atoms with Crippen LogP contribution in [-0.2, 0) is 11.2 Å². The smallest absolute Gasteiger partial charge is 0.415 e. The van der Waals surface area contributed by atoms with Gasteiger partial charge < -0.3 is 20.1 Å².